The molecule has 0 bridgehead atoms. The number of para-hydroxylation sites is 1. The molecule has 11 heteroatoms. The minimum atomic E-state index is -4.92. The summed E-state index contributed by atoms with van der Waals surface area (Å²) in [7, 11) is -9.29. The van der Waals surface area contributed by atoms with Crippen molar-refractivity contribution in [3.05, 3.63) is 30.3 Å². The third-order valence-corrected chi connectivity index (χ3v) is 1.35. The van der Waals surface area contributed by atoms with Crippen LogP contribution in [-0.2, 0) is 20.8 Å². The van der Waals surface area contributed by atoms with Gasteiger partial charge in [0, 0.05) is 0 Å². The van der Waals surface area contributed by atoms with E-state index in [-0.39, 0.29) is 35.3 Å². The molecule has 0 unspecified atom stereocenters. The zero-order valence-electron chi connectivity index (χ0n) is 8.55. The van der Waals surface area contributed by atoms with Crippen molar-refractivity contribution in [2.24, 2.45) is 0 Å². The van der Waals surface area contributed by atoms with E-state index in [1.165, 1.54) is 12.1 Å². The van der Waals surface area contributed by atoms with E-state index in [4.69, 9.17) is 22.1 Å². The van der Waals surface area contributed by atoms with Crippen LogP contribution in [0.5, 0.6) is 5.75 Å². The molecule has 0 saturated heterocycles. The molecule has 0 aliphatic carbocycles. The van der Waals surface area contributed by atoms with E-state index in [1.54, 1.807) is 18.2 Å². The summed E-state index contributed by atoms with van der Waals surface area (Å²) in [4.78, 5) is 0. The second-order valence-electron chi connectivity index (χ2n) is 2.25. The van der Waals surface area contributed by atoms with Crippen molar-refractivity contribution in [1.29, 1.82) is 0 Å². The van der Waals surface area contributed by atoms with Crippen LogP contribution in [0.15, 0.2) is 30.3 Å². The van der Waals surface area contributed by atoms with Gasteiger partial charge in [-0.05, 0) is 12.1 Å². The van der Waals surface area contributed by atoms with Gasteiger partial charge in [0.05, 0.1) is 0 Å². The van der Waals surface area contributed by atoms with E-state index in [0.29, 0.717) is 0 Å². The molecule has 17 heavy (non-hydrogen) atoms. The normalized spacial score (nSPS) is 10.5. The average molecular weight is 294 g/mol. The Morgan fingerprint density at radius 2 is 1.35 bits per heavy atom. The molecule has 0 aliphatic heterocycles. The molecule has 0 fully saturated rings. The minimum Gasteiger partial charge on any atom is -0.726 e. The molecule has 2 N–H and O–H groups in total. The summed E-state index contributed by atoms with van der Waals surface area (Å²) < 4.78 is 65.5. The molecule has 1 aromatic rings. The number of hydrogen-bond acceptors (Lipinski definition) is 6. The third-order valence-electron chi connectivity index (χ3n) is 0.945. The molecule has 0 aliphatic rings. The fourth-order valence-corrected chi connectivity index (χ4v) is 0.952. The molecule has 92 valence electrons. The molecule has 0 radical (unpaired) electrons. The fourth-order valence-electron chi connectivity index (χ4n) is 0.598. The summed E-state index contributed by atoms with van der Waals surface area (Å²) in [6.07, 6.45) is 0. The van der Waals surface area contributed by atoms with Gasteiger partial charge in [-0.2, -0.15) is 8.42 Å². The second kappa shape index (κ2) is 8.00. The van der Waals surface area contributed by atoms with Crippen LogP contribution < -0.4 is 33.7 Å². The van der Waals surface area contributed by atoms with Gasteiger partial charge in [0.2, 0.25) is 10.4 Å². The SMILES string of the molecule is O=S(=O)(O)Oc1ccccc1.O=S(=O)([O-])O.[Na+]. The van der Waals surface area contributed by atoms with Crippen molar-refractivity contribution >= 4 is 20.8 Å². The molecule has 1 rings (SSSR count). The number of hydrogen-bond donors (Lipinski definition) is 2. The van der Waals surface area contributed by atoms with E-state index in [0.717, 1.165) is 0 Å². The Bertz CT molecular complexity index is 500. The monoisotopic (exact) mass is 294 g/mol. The quantitative estimate of drug-likeness (QED) is 0.331. The Balaban J connectivity index is 0. The van der Waals surface area contributed by atoms with E-state index >= 15 is 0 Å². The molecule has 0 heterocycles. The van der Waals surface area contributed by atoms with Crippen LogP contribution in [-0.4, -0.2) is 30.5 Å². The maximum absolute atomic E-state index is 10.1. The van der Waals surface area contributed by atoms with Crippen molar-refractivity contribution in [1.82, 2.24) is 0 Å². The van der Waals surface area contributed by atoms with Crippen LogP contribution in [0.2, 0.25) is 0 Å². The zero-order chi connectivity index (χ0) is 12.8. The van der Waals surface area contributed by atoms with Crippen LogP contribution in [0, 0.1) is 0 Å². The van der Waals surface area contributed by atoms with Crippen molar-refractivity contribution in [3.8, 4) is 5.75 Å². The first-order chi connectivity index (χ1) is 7.08. The van der Waals surface area contributed by atoms with E-state index < -0.39 is 20.8 Å². The predicted molar refractivity (Wildman–Crippen MR) is 50.9 cm³/mol. The van der Waals surface area contributed by atoms with Crippen LogP contribution in [0.3, 0.4) is 0 Å². The van der Waals surface area contributed by atoms with Gasteiger partial charge in [-0.3, -0.25) is 9.11 Å². The van der Waals surface area contributed by atoms with Gasteiger partial charge in [0.25, 0.3) is 0 Å². The molecular weight excluding hydrogens is 287 g/mol. The Kier molecular flexibility index (Phi) is 9.01. The Hall–Kier alpha value is -0.200. The first kappa shape index (κ1) is 19.1. The van der Waals surface area contributed by atoms with Gasteiger partial charge in [-0.15, -0.1) is 0 Å². The van der Waals surface area contributed by atoms with Crippen molar-refractivity contribution in [2.45, 2.75) is 0 Å². The van der Waals surface area contributed by atoms with Crippen molar-refractivity contribution in [3.63, 3.8) is 0 Å². The maximum Gasteiger partial charge on any atom is 1.00 e. The molecule has 0 atom stereocenters. The summed E-state index contributed by atoms with van der Waals surface area (Å²) in [5.41, 5.74) is 0. The number of rotatable bonds is 2. The Morgan fingerprint density at radius 1 is 1.00 bits per heavy atom. The van der Waals surface area contributed by atoms with Crippen molar-refractivity contribution < 1.29 is 64.2 Å². The van der Waals surface area contributed by atoms with Gasteiger partial charge in [-0.25, -0.2) is 8.42 Å². The fraction of sp³-hybridized carbons (Fsp3) is 0. The van der Waals surface area contributed by atoms with Crippen LogP contribution in [0.25, 0.3) is 0 Å². The van der Waals surface area contributed by atoms with Crippen LogP contribution in [0.1, 0.15) is 0 Å². The van der Waals surface area contributed by atoms with E-state index in [2.05, 4.69) is 4.18 Å². The molecule has 1 aromatic carbocycles. The standard InChI is InChI=1S/C6H6O4S.Na.H2O4S/c7-11(8,9)10-6-4-2-1-3-5-6;;1-5(2,3)4/h1-5H,(H,7,8,9);;(H2,1,2,3,4)/q;+1;/p-1. The Morgan fingerprint density at radius 3 is 1.65 bits per heavy atom. The Labute approximate surface area is 120 Å². The molecule has 0 saturated carbocycles. The summed E-state index contributed by atoms with van der Waals surface area (Å²) in [6.45, 7) is 0. The second-order valence-corrected chi connectivity index (χ2v) is 4.13. The van der Waals surface area contributed by atoms with E-state index in [9.17, 15) is 8.42 Å². The van der Waals surface area contributed by atoms with Crippen molar-refractivity contribution in [2.75, 3.05) is 0 Å². The first-order valence-corrected chi connectivity index (χ1v) is 6.21. The number of benzene rings is 1. The van der Waals surface area contributed by atoms with Crippen LogP contribution >= 0.6 is 0 Å². The molecule has 0 amide bonds. The van der Waals surface area contributed by atoms with Gasteiger partial charge >= 0.3 is 40.0 Å². The molecule has 0 aromatic heterocycles. The smallest absolute Gasteiger partial charge is 0.726 e. The minimum absolute atomic E-state index is 0. The van der Waals surface area contributed by atoms with Gasteiger partial charge in [-0.1, -0.05) is 18.2 Å². The third kappa shape index (κ3) is 18.4. The van der Waals surface area contributed by atoms with E-state index in [1.807, 2.05) is 0 Å². The molecule has 0 spiro atoms. The maximum atomic E-state index is 10.1. The van der Waals surface area contributed by atoms with Gasteiger partial charge in [0.1, 0.15) is 5.75 Å². The van der Waals surface area contributed by atoms with Crippen LogP contribution in [0.4, 0.5) is 0 Å². The van der Waals surface area contributed by atoms with Gasteiger partial charge < -0.3 is 8.74 Å². The van der Waals surface area contributed by atoms with Gasteiger partial charge in [0.15, 0.2) is 0 Å². The summed E-state index contributed by atoms with van der Waals surface area (Å²) >= 11 is 0. The largest absolute Gasteiger partial charge is 1.00 e. The average Bonchev–Trinajstić information content (AvgIpc) is 1.99. The summed E-state index contributed by atoms with van der Waals surface area (Å²) in [5.74, 6) is 0.0926. The topological polar surface area (TPSA) is 141 Å². The predicted octanol–water partition coefficient (Wildman–Crippen LogP) is -3.12. The summed E-state index contributed by atoms with van der Waals surface area (Å²) in [6, 6.07) is 7.75. The summed E-state index contributed by atoms with van der Waals surface area (Å²) in [5, 5.41) is 0. The zero-order valence-corrected chi connectivity index (χ0v) is 12.2. The first-order valence-electron chi connectivity index (χ1n) is 3.48. The molecular formula is C6H7NaO8S2. The molecule has 8 nitrogen and oxygen atoms in total.